The predicted molar refractivity (Wildman–Crippen MR) is 72.1 cm³/mol. The highest BCUT2D eigenvalue weighted by molar-refractivity contribution is 5.81. The lowest BCUT2D eigenvalue weighted by atomic mass is 10.1. The summed E-state index contributed by atoms with van der Waals surface area (Å²) in [6.45, 7) is 5.45. The second-order valence-electron chi connectivity index (χ2n) is 3.85. The number of amides is 1. The van der Waals surface area contributed by atoms with Crippen LogP contribution in [0.25, 0.3) is 0 Å². The van der Waals surface area contributed by atoms with Crippen molar-refractivity contribution in [2.45, 2.75) is 13.8 Å². The first-order valence-electron chi connectivity index (χ1n) is 5.93. The third kappa shape index (κ3) is 3.39. The molecule has 0 atom stereocenters. The summed E-state index contributed by atoms with van der Waals surface area (Å²) in [5.41, 5.74) is 7.50. The number of likely N-dealkylation sites (N-methyl/N-ethyl adjacent to an activating group) is 2. The maximum absolute atomic E-state index is 11.6. The van der Waals surface area contributed by atoms with Crippen molar-refractivity contribution in [1.29, 1.82) is 5.26 Å². The number of carbonyl (C=O) groups excluding carboxylic acids is 1. The fourth-order valence-corrected chi connectivity index (χ4v) is 1.66. The zero-order chi connectivity index (χ0) is 13.5. The van der Waals surface area contributed by atoms with Gasteiger partial charge >= 0.3 is 0 Å². The van der Waals surface area contributed by atoms with Gasteiger partial charge in [-0.3, -0.25) is 4.79 Å². The number of hydrogen-bond donors (Lipinski definition) is 2. The third-order valence-electron chi connectivity index (χ3n) is 2.61. The van der Waals surface area contributed by atoms with Gasteiger partial charge in [-0.25, -0.2) is 0 Å². The Morgan fingerprint density at radius 1 is 1.50 bits per heavy atom. The van der Waals surface area contributed by atoms with E-state index >= 15 is 0 Å². The van der Waals surface area contributed by atoms with Crippen LogP contribution in [0.15, 0.2) is 18.2 Å². The average Bonchev–Trinajstić information content (AvgIpc) is 2.36. The molecule has 0 heterocycles. The molecule has 18 heavy (non-hydrogen) atoms. The first kappa shape index (κ1) is 13.8. The molecule has 1 aromatic carbocycles. The fourth-order valence-electron chi connectivity index (χ4n) is 1.66. The molecule has 0 aromatic heterocycles. The van der Waals surface area contributed by atoms with Crippen molar-refractivity contribution in [2.75, 3.05) is 30.3 Å². The molecule has 0 spiro atoms. The van der Waals surface area contributed by atoms with Crippen LogP contribution in [0, 0.1) is 11.3 Å². The summed E-state index contributed by atoms with van der Waals surface area (Å²) in [7, 11) is 0. The van der Waals surface area contributed by atoms with Crippen LogP contribution in [-0.2, 0) is 4.79 Å². The molecule has 0 saturated heterocycles. The highest BCUT2D eigenvalue weighted by Gasteiger charge is 2.10. The molecule has 5 heteroatoms. The summed E-state index contributed by atoms with van der Waals surface area (Å²) >= 11 is 0. The molecule has 0 fully saturated rings. The Balaban J connectivity index is 2.86. The van der Waals surface area contributed by atoms with E-state index in [0.29, 0.717) is 24.3 Å². The van der Waals surface area contributed by atoms with E-state index in [1.165, 1.54) is 0 Å². The quantitative estimate of drug-likeness (QED) is 0.762. The minimum Gasteiger partial charge on any atom is -0.398 e. The molecule has 5 nitrogen and oxygen atoms in total. The van der Waals surface area contributed by atoms with Crippen LogP contribution in [0.4, 0.5) is 11.4 Å². The van der Waals surface area contributed by atoms with Crippen LogP contribution < -0.4 is 16.0 Å². The van der Waals surface area contributed by atoms with Crippen molar-refractivity contribution in [3.63, 3.8) is 0 Å². The van der Waals surface area contributed by atoms with E-state index in [2.05, 4.69) is 5.32 Å². The van der Waals surface area contributed by atoms with Gasteiger partial charge in [0.2, 0.25) is 5.91 Å². The maximum Gasteiger partial charge on any atom is 0.239 e. The van der Waals surface area contributed by atoms with E-state index in [9.17, 15) is 4.79 Å². The van der Waals surface area contributed by atoms with E-state index in [4.69, 9.17) is 11.0 Å². The molecule has 1 aromatic rings. The van der Waals surface area contributed by atoms with Crippen molar-refractivity contribution in [3.05, 3.63) is 23.8 Å². The molecular weight excluding hydrogens is 228 g/mol. The lowest BCUT2D eigenvalue weighted by molar-refractivity contribution is -0.119. The number of anilines is 2. The molecule has 0 bridgehead atoms. The van der Waals surface area contributed by atoms with Gasteiger partial charge in [-0.15, -0.1) is 0 Å². The van der Waals surface area contributed by atoms with E-state index in [1.54, 1.807) is 18.2 Å². The van der Waals surface area contributed by atoms with E-state index < -0.39 is 0 Å². The Morgan fingerprint density at radius 3 is 2.72 bits per heavy atom. The Bertz CT molecular complexity index is 465. The van der Waals surface area contributed by atoms with Crippen molar-refractivity contribution in [3.8, 4) is 6.07 Å². The van der Waals surface area contributed by atoms with Gasteiger partial charge in [-0.05, 0) is 32.0 Å². The van der Waals surface area contributed by atoms with Crippen molar-refractivity contribution in [2.24, 2.45) is 0 Å². The molecule has 0 saturated carbocycles. The summed E-state index contributed by atoms with van der Waals surface area (Å²) in [6, 6.07) is 7.22. The molecule has 3 N–H and O–H groups in total. The van der Waals surface area contributed by atoms with Gasteiger partial charge in [0.1, 0.15) is 6.07 Å². The van der Waals surface area contributed by atoms with Crippen LogP contribution in [0.2, 0.25) is 0 Å². The van der Waals surface area contributed by atoms with Crippen LogP contribution >= 0.6 is 0 Å². The maximum atomic E-state index is 11.6. The highest BCUT2D eigenvalue weighted by Crippen LogP contribution is 2.20. The Morgan fingerprint density at radius 2 is 2.22 bits per heavy atom. The first-order valence-corrected chi connectivity index (χ1v) is 5.93. The van der Waals surface area contributed by atoms with E-state index in [0.717, 1.165) is 5.69 Å². The zero-order valence-corrected chi connectivity index (χ0v) is 10.7. The van der Waals surface area contributed by atoms with E-state index in [-0.39, 0.29) is 12.5 Å². The third-order valence-corrected chi connectivity index (χ3v) is 2.61. The topological polar surface area (TPSA) is 82.2 Å². The lowest BCUT2D eigenvalue weighted by Crippen LogP contribution is -2.37. The standard InChI is InChI=1S/C13H18N4O/c1-3-16-13(18)9-17(4-2)11-6-5-10(8-14)12(15)7-11/h5-7H,3-4,9,15H2,1-2H3,(H,16,18). The number of carbonyl (C=O) groups is 1. The minimum absolute atomic E-state index is 0.0257. The summed E-state index contributed by atoms with van der Waals surface area (Å²) in [4.78, 5) is 13.5. The SMILES string of the molecule is CCNC(=O)CN(CC)c1ccc(C#N)c(N)c1. The summed E-state index contributed by atoms with van der Waals surface area (Å²) < 4.78 is 0. The normalized spacial score (nSPS) is 9.61. The molecule has 0 unspecified atom stereocenters. The number of rotatable bonds is 5. The smallest absolute Gasteiger partial charge is 0.239 e. The van der Waals surface area contributed by atoms with Crippen LogP contribution in [0.1, 0.15) is 19.4 Å². The first-order chi connectivity index (χ1) is 8.62. The van der Waals surface area contributed by atoms with Gasteiger partial charge in [0.05, 0.1) is 17.8 Å². The summed E-state index contributed by atoms with van der Waals surface area (Å²) in [6.07, 6.45) is 0. The number of nitrogens with one attached hydrogen (secondary N) is 1. The minimum atomic E-state index is -0.0257. The Labute approximate surface area is 107 Å². The largest absolute Gasteiger partial charge is 0.398 e. The summed E-state index contributed by atoms with van der Waals surface area (Å²) in [5, 5.41) is 11.6. The number of nitrogen functional groups attached to an aromatic ring is 1. The zero-order valence-electron chi connectivity index (χ0n) is 10.7. The van der Waals surface area contributed by atoms with E-state index in [1.807, 2.05) is 24.8 Å². The van der Waals surface area contributed by atoms with Gasteiger partial charge in [-0.1, -0.05) is 0 Å². The number of nitrogens with two attached hydrogens (primary N) is 1. The monoisotopic (exact) mass is 246 g/mol. The molecule has 0 radical (unpaired) electrons. The molecule has 96 valence electrons. The predicted octanol–water partition coefficient (Wildman–Crippen LogP) is 1.10. The number of benzene rings is 1. The lowest BCUT2D eigenvalue weighted by Gasteiger charge is -2.22. The van der Waals surface area contributed by atoms with Gasteiger partial charge in [0.25, 0.3) is 0 Å². The van der Waals surface area contributed by atoms with Crippen molar-refractivity contribution in [1.82, 2.24) is 5.32 Å². The van der Waals surface area contributed by atoms with Crippen LogP contribution in [0.5, 0.6) is 0 Å². The van der Waals surface area contributed by atoms with Crippen LogP contribution in [0.3, 0.4) is 0 Å². The Hall–Kier alpha value is -2.22. The Kier molecular flexibility index (Phi) is 5.00. The molecule has 0 aliphatic heterocycles. The molecule has 0 aliphatic rings. The highest BCUT2D eigenvalue weighted by atomic mass is 16.2. The van der Waals surface area contributed by atoms with Gasteiger partial charge < -0.3 is 16.0 Å². The second-order valence-corrected chi connectivity index (χ2v) is 3.85. The fraction of sp³-hybridized carbons (Fsp3) is 0.385. The number of nitriles is 1. The average molecular weight is 246 g/mol. The number of hydrogen-bond acceptors (Lipinski definition) is 4. The van der Waals surface area contributed by atoms with Gasteiger partial charge in [0.15, 0.2) is 0 Å². The molecule has 1 amide bonds. The molecular formula is C13H18N4O. The summed E-state index contributed by atoms with van der Waals surface area (Å²) in [5.74, 6) is -0.0257. The van der Waals surface area contributed by atoms with Crippen molar-refractivity contribution < 1.29 is 4.79 Å². The number of nitrogens with zero attached hydrogens (tertiary/aromatic N) is 2. The van der Waals surface area contributed by atoms with Crippen LogP contribution in [-0.4, -0.2) is 25.5 Å². The molecule has 0 aliphatic carbocycles. The van der Waals surface area contributed by atoms with Crippen molar-refractivity contribution >= 4 is 17.3 Å². The van der Waals surface area contributed by atoms with Gasteiger partial charge in [0, 0.05) is 18.8 Å². The molecule has 1 rings (SSSR count). The van der Waals surface area contributed by atoms with Gasteiger partial charge in [-0.2, -0.15) is 5.26 Å². The second kappa shape index (κ2) is 6.50.